The number of furan rings is 1. The highest BCUT2D eigenvalue weighted by Crippen LogP contribution is 1.99. The molecule has 0 aromatic carbocycles. The molecule has 0 spiro atoms. The molecule has 16 heavy (non-hydrogen) atoms. The van der Waals surface area contributed by atoms with Crippen LogP contribution in [-0.4, -0.2) is 27.6 Å². The zero-order valence-electron chi connectivity index (χ0n) is 8.64. The van der Waals surface area contributed by atoms with Gasteiger partial charge in [-0.2, -0.15) is 5.10 Å². The molecule has 0 fully saturated rings. The Morgan fingerprint density at radius 2 is 2.50 bits per heavy atom. The van der Waals surface area contributed by atoms with E-state index in [4.69, 9.17) is 4.42 Å². The second-order valence-electron chi connectivity index (χ2n) is 3.27. The van der Waals surface area contributed by atoms with E-state index in [1.807, 2.05) is 0 Å². The number of H-pyrrole nitrogens is 1. The molecule has 0 radical (unpaired) electrons. The highest BCUT2D eigenvalue weighted by atomic mass is 16.3. The highest BCUT2D eigenvalue weighted by Gasteiger charge is 2.06. The molecule has 6 heteroatoms. The number of hydrogen-bond acceptors (Lipinski definition) is 4. The number of aryl methyl sites for hydroxylation is 1. The van der Waals surface area contributed by atoms with Crippen LogP contribution in [0.5, 0.6) is 0 Å². The van der Waals surface area contributed by atoms with Gasteiger partial charge in [-0.1, -0.05) is 0 Å². The average molecular weight is 220 g/mol. The molecule has 0 atom stereocenters. The number of rotatable bonds is 5. The van der Waals surface area contributed by atoms with Crippen LogP contribution in [0.1, 0.15) is 22.8 Å². The van der Waals surface area contributed by atoms with Crippen molar-refractivity contribution in [2.45, 2.75) is 12.8 Å². The third kappa shape index (κ3) is 2.69. The van der Waals surface area contributed by atoms with Crippen LogP contribution >= 0.6 is 0 Å². The smallest absolute Gasteiger partial charge is 0.286 e. The van der Waals surface area contributed by atoms with Gasteiger partial charge in [0, 0.05) is 13.0 Å². The molecule has 2 heterocycles. The number of nitrogens with one attached hydrogen (secondary N) is 2. The zero-order chi connectivity index (χ0) is 11.2. The number of carbonyl (C=O) groups is 1. The van der Waals surface area contributed by atoms with E-state index in [0.29, 0.717) is 12.3 Å². The van der Waals surface area contributed by atoms with E-state index in [9.17, 15) is 4.79 Å². The average Bonchev–Trinajstić information content (AvgIpc) is 2.96. The van der Waals surface area contributed by atoms with Gasteiger partial charge in [-0.15, -0.1) is 0 Å². The summed E-state index contributed by atoms with van der Waals surface area (Å²) < 4.78 is 4.96. The highest BCUT2D eigenvalue weighted by molar-refractivity contribution is 5.91. The van der Waals surface area contributed by atoms with Crippen molar-refractivity contribution in [3.8, 4) is 0 Å². The van der Waals surface area contributed by atoms with Crippen molar-refractivity contribution < 1.29 is 9.21 Å². The normalized spacial score (nSPS) is 10.2. The Kier molecular flexibility index (Phi) is 3.32. The summed E-state index contributed by atoms with van der Waals surface area (Å²) in [4.78, 5) is 15.4. The third-order valence-electron chi connectivity index (χ3n) is 2.09. The number of amides is 1. The number of nitrogens with zero attached hydrogens (tertiary/aromatic N) is 2. The summed E-state index contributed by atoms with van der Waals surface area (Å²) in [7, 11) is 0. The number of hydrogen-bond donors (Lipinski definition) is 2. The molecule has 0 aliphatic carbocycles. The van der Waals surface area contributed by atoms with Gasteiger partial charge in [-0.25, -0.2) is 4.98 Å². The van der Waals surface area contributed by atoms with E-state index < -0.39 is 0 Å². The van der Waals surface area contributed by atoms with Crippen LogP contribution in [0, 0.1) is 0 Å². The summed E-state index contributed by atoms with van der Waals surface area (Å²) >= 11 is 0. The second-order valence-corrected chi connectivity index (χ2v) is 3.27. The number of carbonyl (C=O) groups excluding carboxylic acids is 1. The molecular formula is C10H12N4O2. The molecule has 0 aliphatic rings. The molecule has 84 valence electrons. The Hall–Kier alpha value is -2.11. The van der Waals surface area contributed by atoms with Crippen LogP contribution in [0.4, 0.5) is 0 Å². The van der Waals surface area contributed by atoms with Crippen LogP contribution < -0.4 is 5.32 Å². The summed E-state index contributed by atoms with van der Waals surface area (Å²) in [6.45, 7) is 0.584. The quantitative estimate of drug-likeness (QED) is 0.728. The Labute approximate surface area is 92.1 Å². The van der Waals surface area contributed by atoms with E-state index >= 15 is 0 Å². The SMILES string of the molecule is O=C(NCCCc1ncn[nH]1)c1ccco1. The fourth-order valence-electron chi connectivity index (χ4n) is 1.30. The molecule has 0 saturated carbocycles. The minimum Gasteiger partial charge on any atom is -0.459 e. The molecule has 0 bridgehead atoms. The van der Waals surface area contributed by atoms with Crippen molar-refractivity contribution in [2.24, 2.45) is 0 Å². The molecule has 2 aromatic heterocycles. The minimum absolute atomic E-state index is 0.192. The van der Waals surface area contributed by atoms with Crippen molar-refractivity contribution in [2.75, 3.05) is 6.54 Å². The number of aromatic amines is 1. The van der Waals surface area contributed by atoms with Crippen LogP contribution in [0.25, 0.3) is 0 Å². The van der Waals surface area contributed by atoms with Crippen molar-refractivity contribution in [1.29, 1.82) is 0 Å². The van der Waals surface area contributed by atoms with E-state index in [2.05, 4.69) is 20.5 Å². The predicted molar refractivity (Wildman–Crippen MR) is 55.7 cm³/mol. The van der Waals surface area contributed by atoms with Crippen molar-refractivity contribution >= 4 is 5.91 Å². The summed E-state index contributed by atoms with van der Waals surface area (Å²) in [6.07, 6.45) is 4.51. The molecule has 2 aromatic rings. The topological polar surface area (TPSA) is 83.8 Å². The van der Waals surface area contributed by atoms with Crippen molar-refractivity contribution in [3.05, 3.63) is 36.3 Å². The summed E-state index contributed by atoms with van der Waals surface area (Å²) in [5.41, 5.74) is 0. The van der Waals surface area contributed by atoms with E-state index in [1.54, 1.807) is 12.1 Å². The van der Waals surface area contributed by atoms with Gasteiger partial charge in [0.05, 0.1) is 6.26 Å². The van der Waals surface area contributed by atoms with Gasteiger partial charge in [-0.05, 0) is 18.6 Å². The molecule has 1 amide bonds. The van der Waals surface area contributed by atoms with E-state index in [1.165, 1.54) is 12.6 Å². The van der Waals surface area contributed by atoms with Gasteiger partial charge in [-0.3, -0.25) is 9.89 Å². The van der Waals surface area contributed by atoms with Gasteiger partial charge in [0.15, 0.2) is 5.76 Å². The van der Waals surface area contributed by atoms with Gasteiger partial charge >= 0.3 is 0 Å². The lowest BCUT2D eigenvalue weighted by atomic mass is 10.3. The van der Waals surface area contributed by atoms with Gasteiger partial charge in [0.2, 0.25) is 0 Å². The first-order valence-corrected chi connectivity index (χ1v) is 5.02. The third-order valence-corrected chi connectivity index (χ3v) is 2.09. The summed E-state index contributed by atoms with van der Waals surface area (Å²) in [6, 6.07) is 3.31. The molecule has 0 saturated heterocycles. The predicted octanol–water partition coefficient (Wildman–Crippen LogP) is 0.760. The lowest BCUT2D eigenvalue weighted by Gasteiger charge is -2.01. The molecule has 6 nitrogen and oxygen atoms in total. The van der Waals surface area contributed by atoms with Crippen molar-refractivity contribution in [1.82, 2.24) is 20.5 Å². The second kappa shape index (κ2) is 5.11. The maximum Gasteiger partial charge on any atom is 0.286 e. The van der Waals surface area contributed by atoms with Crippen LogP contribution in [0.15, 0.2) is 29.1 Å². The first kappa shape index (κ1) is 10.4. The maximum absolute atomic E-state index is 11.4. The minimum atomic E-state index is -0.192. The lowest BCUT2D eigenvalue weighted by Crippen LogP contribution is -2.24. The van der Waals surface area contributed by atoms with Gasteiger partial charge < -0.3 is 9.73 Å². The van der Waals surface area contributed by atoms with Crippen LogP contribution in [0.2, 0.25) is 0 Å². The van der Waals surface area contributed by atoms with E-state index in [0.717, 1.165) is 18.7 Å². The Bertz CT molecular complexity index is 422. The number of aromatic nitrogens is 3. The fraction of sp³-hybridized carbons (Fsp3) is 0.300. The monoisotopic (exact) mass is 220 g/mol. The lowest BCUT2D eigenvalue weighted by molar-refractivity contribution is 0.0925. The fourth-order valence-corrected chi connectivity index (χ4v) is 1.30. The standard InChI is InChI=1S/C10H12N4O2/c15-10(8-3-2-6-16-8)11-5-1-4-9-12-7-13-14-9/h2-3,6-7H,1,4-5H2,(H,11,15)(H,12,13,14). The zero-order valence-corrected chi connectivity index (χ0v) is 8.64. The molecular weight excluding hydrogens is 208 g/mol. The molecule has 0 aliphatic heterocycles. The molecule has 2 N–H and O–H groups in total. The first-order valence-electron chi connectivity index (χ1n) is 5.02. The van der Waals surface area contributed by atoms with Crippen LogP contribution in [-0.2, 0) is 6.42 Å². The Balaban J connectivity index is 1.67. The van der Waals surface area contributed by atoms with Gasteiger partial charge in [0.1, 0.15) is 12.2 Å². The summed E-state index contributed by atoms with van der Waals surface area (Å²) in [5.74, 6) is 0.967. The van der Waals surface area contributed by atoms with Crippen molar-refractivity contribution in [3.63, 3.8) is 0 Å². The Morgan fingerprint density at radius 3 is 3.19 bits per heavy atom. The van der Waals surface area contributed by atoms with Gasteiger partial charge in [0.25, 0.3) is 5.91 Å². The largest absolute Gasteiger partial charge is 0.459 e. The molecule has 2 rings (SSSR count). The Morgan fingerprint density at radius 1 is 1.56 bits per heavy atom. The summed E-state index contributed by atoms with van der Waals surface area (Å²) in [5, 5.41) is 9.25. The van der Waals surface area contributed by atoms with Crippen LogP contribution in [0.3, 0.4) is 0 Å². The maximum atomic E-state index is 11.4. The first-order chi connectivity index (χ1) is 7.86. The van der Waals surface area contributed by atoms with E-state index in [-0.39, 0.29) is 5.91 Å². The molecule has 0 unspecified atom stereocenters.